The summed E-state index contributed by atoms with van der Waals surface area (Å²) in [6.07, 6.45) is 2.43. The minimum absolute atomic E-state index is 0.0905. The van der Waals surface area contributed by atoms with Crippen LogP contribution in [0.25, 0.3) is 11.4 Å². The molecule has 2 aliphatic carbocycles. The largest absolute Gasteiger partial charge is 0.506 e. The van der Waals surface area contributed by atoms with Gasteiger partial charge in [-0.2, -0.15) is 0 Å². The van der Waals surface area contributed by atoms with Gasteiger partial charge in [0.25, 0.3) is 5.91 Å². The highest BCUT2D eigenvalue weighted by molar-refractivity contribution is 5.97. The number of rotatable bonds is 11. The Morgan fingerprint density at radius 3 is 2.33 bits per heavy atom. The summed E-state index contributed by atoms with van der Waals surface area (Å²) in [6, 6.07) is 10.3. The second-order valence-electron chi connectivity index (χ2n) is 12.4. The van der Waals surface area contributed by atoms with E-state index >= 15 is 0 Å². The van der Waals surface area contributed by atoms with Crippen LogP contribution in [-0.2, 0) is 14.3 Å². The number of amides is 3. The van der Waals surface area contributed by atoms with Crippen LogP contribution < -0.4 is 10.2 Å². The quantitative estimate of drug-likeness (QED) is 0.283. The molecule has 4 fully saturated rings. The average Bonchev–Trinajstić information content (AvgIpc) is 3.95. The summed E-state index contributed by atoms with van der Waals surface area (Å²) in [6.45, 7) is 5.06. The van der Waals surface area contributed by atoms with E-state index in [2.05, 4.69) is 10.3 Å². The van der Waals surface area contributed by atoms with Crippen molar-refractivity contribution < 1.29 is 33.8 Å². The second-order valence-corrected chi connectivity index (χ2v) is 12.4. The number of nitrogens with zero attached hydrogens (tertiary/aromatic N) is 5. The highest BCUT2D eigenvalue weighted by atomic mass is 16.7. The summed E-state index contributed by atoms with van der Waals surface area (Å²) >= 11 is 0. The van der Waals surface area contributed by atoms with Crippen LogP contribution in [0.1, 0.15) is 49.5 Å². The van der Waals surface area contributed by atoms with Crippen LogP contribution in [0, 0.1) is 17.8 Å². The van der Waals surface area contributed by atoms with Crippen molar-refractivity contribution in [2.75, 3.05) is 50.8 Å². The van der Waals surface area contributed by atoms with Crippen LogP contribution in [0.4, 0.5) is 15.4 Å². The topological polar surface area (TPSA) is 154 Å². The summed E-state index contributed by atoms with van der Waals surface area (Å²) in [7, 11) is 0. The number of piperidine rings is 1. The summed E-state index contributed by atoms with van der Waals surface area (Å²) in [4.78, 5) is 65.6. The van der Waals surface area contributed by atoms with E-state index in [1.54, 1.807) is 15.9 Å². The van der Waals surface area contributed by atoms with Gasteiger partial charge in [-0.25, -0.2) is 19.6 Å². The van der Waals surface area contributed by atoms with E-state index in [-0.39, 0.29) is 35.6 Å². The first-order chi connectivity index (χ1) is 21.8. The first-order valence-corrected chi connectivity index (χ1v) is 15.9. The van der Waals surface area contributed by atoms with Gasteiger partial charge in [0.05, 0.1) is 6.61 Å². The molecule has 4 aliphatic rings. The van der Waals surface area contributed by atoms with E-state index in [1.165, 1.54) is 0 Å². The Kier molecular flexibility index (Phi) is 9.04. The third-order valence-electron chi connectivity index (χ3n) is 9.10. The van der Waals surface area contributed by atoms with Crippen molar-refractivity contribution in [2.24, 2.45) is 17.8 Å². The van der Waals surface area contributed by atoms with Crippen molar-refractivity contribution >= 4 is 29.9 Å². The number of aromatic nitrogens is 2. The van der Waals surface area contributed by atoms with E-state index < -0.39 is 18.1 Å². The number of unbranched alkanes of at least 4 members (excludes halogenated alkanes) is 1. The fraction of sp³-hybridized carbons (Fsp3) is 0.562. The first kappa shape index (κ1) is 30.6. The summed E-state index contributed by atoms with van der Waals surface area (Å²) < 4.78 is 10.3. The molecule has 240 valence electrons. The molecule has 0 bridgehead atoms. The number of ether oxygens (including phenoxy) is 2. The van der Waals surface area contributed by atoms with Crippen LogP contribution in [-0.4, -0.2) is 107 Å². The smallest absolute Gasteiger partial charge is 0.450 e. The molecule has 2 aliphatic heterocycles. The summed E-state index contributed by atoms with van der Waals surface area (Å²) in [5, 5.41) is 12.0. The highest BCUT2D eigenvalue weighted by Gasteiger charge is 2.59. The van der Waals surface area contributed by atoms with Crippen molar-refractivity contribution in [3.8, 4) is 11.4 Å². The number of piperazine rings is 1. The van der Waals surface area contributed by atoms with E-state index in [9.17, 15) is 19.2 Å². The zero-order valence-electron chi connectivity index (χ0n) is 25.5. The third-order valence-corrected chi connectivity index (χ3v) is 9.10. The van der Waals surface area contributed by atoms with E-state index in [4.69, 9.17) is 19.6 Å². The molecule has 1 aromatic carbocycles. The Morgan fingerprint density at radius 2 is 1.69 bits per heavy atom. The second kappa shape index (κ2) is 13.3. The maximum atomic E-state index is 13.8. The van der Waals surface area contributed by atoms with Gasteiger partial charge in [-0.1, -0.05) is 56.5 Å². The van der Waals surface area contributed by atoms with Crippen molar-refractivity contribution in [2.45, 2.75) is 51.2 Å². The molecule has 2 aromatic rings. The van der Waals surface area contributed by atoms with E-state index in [0.717, 1.165) is 31.2 Å². The molecule has 2 saturated heterocycles. The molecule has 1 aromatic heterocycles. The fourth-order valence-electron chi connectivity index (χ4n) is 6.24. The van der Waals surface area contributed by atoms with Crippen LogP contribution >= 0.6 is 0 Å². The van der Waals surface area contributed by atoms with Gasteiger partial charge < -0.3 is 34.6 Å². The number of hydrogen-bond acceptors (Lipinski definition) is 9. The predicted octanol–water partition coefficient (Wildman–Crippen LogP) is 3.25. The number of fused-ring (bicyclic) bond motifs is 1. The molecule has 13 nitrogen and oxygen atoms in total. The Labute approximate surface area is 261 Å². The molecule has 0 unspecified atom stereocenters. The van der Waals surface area contributed by atoms with Crippen LogP contribution in [0.3, 0.4) is 0 Å². The molecule has 2 saturated carbocycles. The molecule has 3 heterocycles. The Hall–Kier alpha value is -4.42. The highest BCUT2D eigenvalue weighted by Crippen LogP contribution is 2.48. The molecule has 2 N–H and O–H groups in total. The molecule has 6 rings (SSSR count). The monoisotopic (exact) mass is 620 g/mol. The van der Waals surface area contributed by atoms with Crippen LogP contribution in [0.15, 0.2) is 36.4 Å². The SMILES string of the molecule is CCCCOC(=O)N1CCN(C(=O)[C@H](CC2CC2)NC(=O)c2cc(N3C[C@@H]4[C@H](C3)[C@@H]4OC(=O)O)nc(-c3ccccc3)n2)CC1. The van der Waals surface area contributed by atoms with Crippen molar-refractivity contribution in [3.63, 3.8) is 0 Å². The maximum absolute atomic E-state index is 13.8. The molecule has 0 radical (unpaired) electrons. The molecule has 4 atom stereocenters. The van der Waals surface area contributed by atoms with Gasteiger partial charge in [-0.15, -0.1) is 0 Å². The minimum Gasteiger partial charge on any atom is -0.450 e. The van der Waals surface area contributed by atoms with Gasteiger partial charge in [0, 0.05) is 62.7 Å². The number of carbonyl (C=O) groups excluding carboxylic acids is 3. The Bertz CT molecular complexity index is 1400. The maximum Gasteiger partial charge on any atom is 0.506 e. The normalized spacial score (nSPS) is 22.8. The lowest BCUT2D eigenvalue weighted by Gasteiger charge is -2.36. The molecule has 0 spiro atoms. The minimum atomic E-state index is -1.27. The van der Waals surface area contributed by atoms with Crippen molar-refractivity contribution in [1.82, 2.24) is 25.1 Å². The molecule has 3 amide bonds. The van der Waals surface area contributed by atoms with Crippen molar-refractivity contribution in [3.05, 3.63) is 42.1 Å². The first-order valence-electron chi connectivity index (χ1n) is 15.9. The lowest BCUT2D eigenvalue weighted by Crippen LogP contribution is -2.56. The number of anilines is 1. The number of nitrogens with one attached hydrogen (secondary N) is 1. The lowest BCUT2D eigenvalue weighted by molar-refractivity contribution is -0.135. The Balaban J connectivity index is 1.15. The summed E-state index contributed by atoms with van der Waals surface area (Å²) in [5.74, 6) is 0.916. The molecular formula is C32H40N6O7. The predicted molar refractivity (Wildman–Crippen MR) is 163 cm³/mol. The third kappa shape index (κ3) is 7.29. The zero-order chi connectivity index (χ0) is 31.5. The molecule has 13 heteroatoms. The molecule has 45 heavy (non-hydrogen) atoms. The van der Waals surface area contributed by atoms with Gasteiger partial charge in [-0.3, -0.25) is 9.59 Å². The molecular weight excluding hydrogens is 580 g/mol. The van der Waals surface area contributed by atoms with Gasteiger partial charge in [0.15, 0.2) is 5.82 Å². The van der Waals surface area contributed by atoms with Gasteiger partial charge >= 0.3 is 12.2 Å². The number of benzene rings is 1. The van der Waals surface area contributed by atoms with Crippen LogP contribution in [0.5, 0.6) is 0 Å². The standard InChI is InChI=1S/C32H40N6O7/c1-2-3-15-44-31(41)37-13-11-36(12-14-37)30(40)25(16-20-9-10-20)34-29(39)24-17-26(35-28(33-24)21-7-5-4-6-8-21)38-18-22-23(19-38)27(22)45-32(42)43/h4-8,17,20,22-23,25,27H,2-3,9-16,18-19H2,1H3,(H,34,39)(H,42,43)/t22-,23+,25-,27-/m0/s1. The number of carboxylic acid groups (broad SMARTS) is 1. The number of carbonyl (C=O) groups is 4. The Morgan fingerprint density at radius 1 is 1.00 bits per heavy atom. The lowest BCUT2D eigenvalue weighted by atomic mass is 10.1. The van der Waals surface area contributed by atoms with Gasteiger partial charge in [0.2, 0.25) is 5.91 Å². The van der Waals surface area contributed by atoms with Crippen LogP contribution in [0.2, 0.25) is 0 Å². The van der Waals surface area contributed by atoms with Gasteiger partial charge in [-0.05, 0) is 18.8 Å². The van der Waals surface area contributed by atoms with E-state index in [0.29, 0.717) is 69.9 Å². The van der Waals surface area contributed by atoms with Gasteiger partial charge in [0.1, 0.15) is 23.7 Å². The summed E-state index contributed by atoms with van der Waals surface area (Å²) in [5.41, 5.74) is 0.910. The van der Waals surface area contributed by atoms with Crippen molar-refractivity contribution in [1.29, 1.82) is 0 Å². The number of hydrogen-bond donors (Lipinski definition) is 2. The van der Waals surface area contributed by atoms with E-state index in [1.807, 2.05) is 42.2 Å². The average molecular weight is 621 g/mol. The zero-order valence-corrected chi connectivity index (χ0v) is 25.5. The fourth-order valence-corrected chi connectivity index (χ4v) is 6.24.